The van der Waals surface area contributed by atoms with Crippen molar-refractivity contribution in [3.8, 4) is 0 Å². The van der Waals surface area contributed by atoms with Crippen molar-refractivity contribution in [2.75, 3.05) is 18.5 Å². The van der Waals surface area contributed by atoms with E-state index in [0.29, 0.717) is 19.0 Å². The van der Waals surface area contributed by atoms with Crippen molar-refractivity contribution >= 4 is 17.6 Å². The number of benzene rings is 1. The number of rotatable bonds is 3. The molecule has 2 spiro atoms. The number of hydrogen-bond donors (Lipinski definition) is 1. The normalized spacial score (nSPS) is 36.4. The van der Waals surface area contributed by atoms with E-state index in [9.17, 15) is 9.59 Å². The number of carbonyl (C=O) groups excluding carboxylic acids is 2. The minimum atomic E-state index is -1.01. The van der Waals surface area contributed by atoms with E-state index in [1.165, 1.54) is 6.92 Å². The van der Waals surface area contributed by atoms with E-state index in [1.807, 2.05) is 42.3 Å². The van der Waals surface area contributed by atoms with Crippen LogP contribution in [0.4, 0.5) is 5.69 Å². The van der Waals surface area contributed by atoms with Crippen molar-refractivity contribution in [1.82, 2.24) is 5.32 Å². The number of nitrogens with one attached hydrogen (secondary N) is 1. The lowest BCUT2D eigenvalue weighted by atomic mass is 9.80. The molecule has 6 nitrogen and oxygen atoms in total. The number of anilines is 1. The van der Waals surface area contributed by atoms with Crippen molar-refractivity contribution in [1.29, 1.82) is 0 Å². The summed E-state index contributed by atoms with van der Waals surface area (Å²) in [7, 11) is 1.99. The van der Waals surface area contributed by atoms with Crippen molar-refractivity contribution in [2.24, 2.45) is 0 Å². The van der Waals surface area contributed by atoms with Crippen LogP contribution in [0.15, 0.2) is 30.3 Å². The molecular formula is C20H26N2O4. The lowest BCUT2D eigenvalue weighted by Crippen LogP contribution is -2.63. The average Bonchev–Trinajstić information content (AvgIpc) is 3.31. The molecule has 1 aliphatic heterocycles. The molecule has 0 bridgehead atoms. The Labute approximate surface area is 153 Å². The number of nitrogens with zero attached hydrogens (tertiary/aromatic N) is 1. The van der Waals surface area contributed by atoms with E-state index in [2.05, 4.69) is 5.32 Å². The molecule has 6 heteroatoms. The maximum atomic E-state index is 13.2. The van der Waals surface area contributed by atoms with Gasteiger partial charge in [-0.3, -0.25) is 9.59 Å². The fourth-order valence-electron chi connectivity index (χ4n) is 4.45. The van der Waals surface area contributed by atoms with Crippen molar-refractivity contribution in [3.05, 3.63) is 30.3 Å². The van der Waals surface area contributed by atoms with E-state index in [4.69, 9.17) is 9.47 Å². The number of para-hydroxylation sites is 1. The molecule has 2 aliphatic carbocycles. The monoisotopic (exact) mass is 358 g/mol. The Hall–Kier alpha value is -1.92. The summed E-state index contributed by atoms with van der Waals surface area (Å²) in [5, 5.41) is 3.34. The Morgan fingerprint density at radius 2 is 1.96 bits per heavy atom. The third kappa shape index (κ3) is 2.91. The molecule has 0 radical (unpaired) electrons. The molecule has 3 fully saturated rings. The molecule has 3 aliphatic rings. The summed E-state index contributed by atoms with van der Waals surface area (Å²) >= 11 is 0. The van der Waals surface area contributed by atoms with Crippen LogP contribution in [0.1, 0.15) is 39.0 Å². The largest absolute Gasteiger partial charge is 0.459 e. The Morgan fingerprint density at radius 1 is 1.27 bits per heavy atom. The molecule has 2 saturated carbocycles. The molecule has 1 aromatic rings. The first-order valence-electron chi connectivity index (χ1n) is 9.40. The predicted octanol–water partition coefficient (Wildman–Crippen LogP) is 2.02. The SMILES string of the molecule is CNC1CCC2(CC1)CN(c1ccccc1)C(=O)C1(CC1OC(C)=O)O2. The van der Waals surface area contributed by atoms with Crippen LogP contribution in [0, 0.1) is 0 Å². The van der Waals surface area contributed by atoms with Gasteiger partial charge in [0.2, 0.25) is 0 Å². The summed E-state index contributed by atoms with van der Waals surface area (Å²) in [6, 6.07) is 10.2. The van der Waals surface area contributed by atoms with Gasteiger partial charge in [-0.2, -0.15) is 0 Å². The Balaban J connectivity index is 1.64. The van der Waals surface area contributed by atoms with E-state index >= 15 is 0 Å². The van der Waals surface area contributed by atoms with Crippen molar-refractivity contribution < 1.29 is 19.1 Å². The number of morpholine rings is 1. The summed E-state index contributed by atoms with van der Waals surface area (Å²) in [5.41, 5.74) is -0.498. The first-order valence-corrected chi connectivity index (χ1v) is 9.40. The summed E-state index contributed by atoms with van der Waals surface area (Å²) in [5.74, 6) is -0.454. The number of amides is 1. The van der Waals surface area contributed by atoms with Crippen LogP contribution in [0.2, 0.25) is 0 Å². The standard InChI is InChI=1S/C20H26N2O4/c1-14(23)25-17-12-20(17)18(24)22(16-6-4-3-5-7-16)13-19(26-20)10-8-15(21-2)9-11-19/h3-7,15,17,21H,8-13H2,1-2H3. The Morgan fingerprint density at radius 3 is 2.58 bits per heavy atom. The summed E-state index contributed by atoms with van der Waals surface area (Å²) in [4.78, 5) is 26.5. The lowest BCUT2D eigenvalue weighted by Gasteiger charge is -2.49. The molecular weight excluding hydrogens is 332 g/mol. The number of hydrogen-bond acceptors (Lipinski definition) is 5. The topological polar surface area (TPSA) is 67.9 Å². The zero-order valence-corrected chi connectivity index (χ0v) is 15.4. The first-order chi connectivity index (χ1) is 12.5. The lowest BCUT2D eigenvalue weighted by molar-refractivity contribution is -0.180. The second-order valence-corrected chi connectivity index (χ2v) is 7.77. The molecule has 2 atom stereocenters. The highest BCUT2D eigenvalue weighted by molar-refractivity contribution is 6.03. The fraction of sp³-hybridized carbons (Fsp3) is 0.600. The van der Waals surface area contributed by atoms with Crippen molar-refractivity contribution in [2.45, 2.75) is 62.4 Å². The zero-order chi connectivity index (χ0) is 18.4. The summed E-state index contributed by atoms with van der Waals surface area (Å²) < 4.78 is 11.8. The second-order valence-electron chi connectivity index (χ2n) is 7.77. The van der Waals surface area contributed by atoms with E-state index in [-0.39, 0.29) is 17.5 Å². The van der Waals surface area contributed by atoms with Gasteiger partial charge >= 0.3 is 5.97 Å². The fourth-order valence-corrected chi connectivity index (χ4v) is 4.45. The minimum absolute atomic E-state index is 0.0867. The highest BCUT2D eigenvalue weighted by Crippen LogP contribution is 2.53. The van der Waals surface area contributed by atoms with Crippen LogP contribution in [0.3, 0.4) is 0 Å². The Kier molecular flexibility index (Phi) is 4.28. The van der Waals surface area contributed by atoms with Gasteiger partial charge in [0, 0.05) is 25.1 Å². The van der Waals surface area contributed by atoms with Gasteiger partial charge in [0.05, 0.1) is 12.1 Å². The molecule has 1 aromatic carbocycles. The third-order valence-corrected chi connectivity index (χ3v) is 5.98. The molecule has 1 N–H and O–H groups in total. The summed E-state index contributed by atoms with van der Waals surface area (Å²) in [6.07, 6.45) is 3.79. The van der Waals surface area contributed by atoms with Gasteiger partial charge in [0.25, 0.3) is 5.91 Å². The summed E-state index contributed by atoms with van der Waals surface area (Å²) in [6.45, 7) is 1.93. The molecule has 1 amide bonds. The van der Waals surface area contributed by atoms with Gasteiger partial charge in [-0.15, -0.1) is 0 Å². The maximum Gasteiger partial charge on any atom is 0.303 e. The van der Waals surface area contributed by atoms with Gasteiger partial charge in [0.15, 0.2) is 5.60 Å². The van der Waals surface area contributed by atoms with Crippen LogP contribution in [-0.4, -0.2) is 48.8 Å². The van der Waals surface area contributed by atoms with Crippen LogP contribution in [0.25, 0.3) is 0 Å². The van der Waals surface area contributed by atoms with E-state index in [1.54, 1.807) is 0 Å². The quantitative estimate of drug-likeness (QED) is 0.838. The third-order valence-electron chi connectivity index (χ3n) is 5.98. The van der Waals surface area contributed by atoms with Crippen LogP contribution in [0.5, 0.6) is 0 Å². The highest BCUT2D eigenvalue weighted by atomic mass is 16.6. The van der Waals surface area contributed by atoms with Gasteiger partial charge < -0.3 is 19.7 Å². The molecule has 26 heavy (non-hydrogen) atoms. The predicted molar refractivity (Wildman–Crippen MR) is 96.8 cm³/mol. The van der Waals surface area contributed by atoms with Gasteiger partial charge in [-0.1, -0.05) is 18.2 Å². The van der Waals surface area contributed by atoms with Crippen LogP contribution >= 0.6 is 0 Å². The van der Waals surface area contributed by atoms with E-state index < -0.39 is 11.7 Å². The van der Waals surface area contributed by atoms with E-state index in [0.717, 1.165) is 31.4 Å². The molecule has 1 saturated heterocycles. The number of ether oxygens (including phenoxy) is 2. The Bertz CT molecular complexity index is 699. The smallest absolute Gasteiger partial charge is 0.303 e. The molecule has 1 heterocycles. The van der Waals surface area contributed by atoms with Gasteiger partial charge in [-0.25, -0.2) is 0 Å². The number of carbonyl (C=O) groups is 2. The van der Waals surface area contributed by atoms with Crippen LogP contribution < -0.4 is 10.2 Å². The number of esters is 1. The molecule has 4 rings (SSSR count). The van der Waals surface area contributed by atoms with Crippen LogP contribution in [-0.2, 0) is 19.1 Å². The average molecular weight is 358 g/mol. The molecule has 140 valence electrons. The zero-order valence-electron chi connectivity index (χ0n) is 15.4. The van der Waals surface area contributed by atoms with Gasteiger partial charge in [-0.05, 0) is 44.9 Å². The maximum absolute atomic E-state index is 13.2. The molecule has 0 aromatic heterocycles. The van der Waals surface area contributed by atoms with Crippen molar-refractivity contribution in [3.63, 3.8) is 0 Å². The molecule has 2 unspecified atom stereocenters. The minimum Gasteiger partial charge on any atom is -0.459 e. The first kappa shape index (κ1) is 17.5. The highest BCUT2D eigenvalue weighted by Gasteiger charge is 2.71. The van der Waals surface area contributed by atoms with Gasteiger partial charge in [0.1, 0.15) is 6.10 Å². The second kappa shape index (κ2) is 6.35.